The second-order valence-electron chi connectivity index (χ2n) is 7.92. The summed E-state index contributed by atoms with van der Waals surface area (Å²) in [5, 5.41) is 4.20. The Kier molecular flexibility index (Phi) is 5.63. The molecule has 2 aliphatic rings. The predicted molar refractivity (Wildman–Crippen MR) is 110 cm³/mol. The Morgan fingerprint density at radius 2 is 1.60 bits per heavy atom. The average molecular weight is 439 g/mol. The van der Waals surface area contributed by atoms with Gasteiger partial charge in [-0.3, -0.25) is 4.79 Å². The fraction of sp³-hybridized carbons (Fsp3) is 0.500. The van der Waals surface area contributed by atoms with Gasteiger partial charge in [-0.05, 0) is 30.9 Å². The molecule has 1 saturated heterocycles. The first-order chi connectivity index (χ1) is 14.2. The molecule has 1 saturated carbocycles. The van der Waals surface area contributed by atoms with E-state index in [4.69, 9.17) is 0 Å². The second kappa shape index (κ2) is 8.07. The Bertz CT molecular complexity index is 1090. The van der Waals surface area contributed by atoms with Crippen LogP contribution in [0.15, 0.2) is 29.2 Å². The summed E-state index contributed by atoms with van der Waals surface area (Å²) in [6.45, 7) is 1.57. The Morgan fingerprint density at radius 3 is 2.17 bits per heavy atom. The third-order valence-electron chi connectivity index (χ3n) is 5.90. The normalized spacial score (nSPS) is 18.8. The molecule has 0 bridgehead atoms. The lowest BCUT2D eigenvalue weighted by Crippen LogP contribution is -2.49. The maximum Gasteiger partial charge on any atom is 0.277 e. The standard InChI is InChI=1S/C20H24F2N4O3S/c1-30(28,29)25-8-6-24(7-9-25)18-13-23-26(17-11-15(21)10-16(22)12-17)20(27)19(18)14-4-2-3-5-14/h10-14H,2-9H2,1H3. The van der Waals surface area contributed by atoms with E-state index in [1.54, 1.807) is 6.20 Å². The Balaban J connectivity index is 1.75. The number of nitrogens with zero attached hydrogens (tertiary/aromatic N) is 4. The van der Waals surface area contributed by atoms with Crippen molar-refractivity contribution in [2.24, 2.45) is 0 Å². The van der Waals surface area contributed by atoms with Gasteiger partial charge in [0.05, 0.1) is 23.8 Å². The first-order valence-electron chi connectivity index (χ1n) is 10.0. The summed E-state index contributed by atoms with van der Waals surface area (Å²) in [6, 6.07) is 2.92. The average Bonchev–Trinajstić information content (AvgIpc) is 3.20. The highest BCUT2D eigenvalue weighted by Gasteiger charge is 2.30. The summed E-state index contributed by atoms with van der Waals surface area (Å²) < 4.78 is 53.5. The van der Waals surface area contributed by atoms with Crippen molar-refractivity contribution in [3.05, 3.63) is 51.9 Å². The monoisotopic (exact) mass is 438 g/mol. The minimum atomic E-state index is -3.26. The van der Waals surface area contributed by atoms with Crippen molar-refractivity contribution < 1.29 is 17.2 Å². The summed E-state index contributed by atoms with van der Waals surface area (Å²) in [5.41, 5.74) is 0.952. The number of piperazine rings is 1. The van der Waals surface area contributed by atoms with Crippen LogP contribution in [0.1, 0.15) is 37.2 Å². The van der Waals surface area contributed by atoms with Crippen molar-refractivity contribution in [2.75, 3.05) is 37.3 Å². The van der Waals surface area contributed by atoms with Crippen LogP contribution in [0, 0.1) is 11.6 Å². The molecule has 0 N–H and O–H groups in total. The number of anilines is 1. The molecule has 0 amide bonds. The number of sulfonamides is 1. The summed E-state index contributed by atoms with van der Waals surface area (Å²) in [5.74, 6) is -1.50. The molecule has 1 aliphatic heterocycles. The van der Waals surface area contributed by atoms with Crippen molar-refractivity contribution in [1.29, 1.82) is 0 Å². The molecule has 0 spiro atoms. The van der Waals surface area contributed by atoms with E-state index in [-0.39, 0.29) is 17.2 Å². The zero-order valence-electron chi connectivity index (χ0n) is 16.7. The molecule has 4 rings (SSSR count). The van der Waals surface area contributed by atoms with Gasteiger partial charge in [-0.2, -0.15) is 14.1 Å². The van der Waals surface area contributed by atoms with Gasteiger partial charge in [-0.1, -0.05) is 12.8 Å². The van der Waals surface area contributed by atoms with Gasteiger partial charge in [0.15, 0.2) is 0 Å². The van der Waals surface area contributed by atoms with Crippen LogP contribution in [0.2, 0.25) is 0 Å². The number of halogens is 2. The molecule has 1 aromatic carbocycles. The zero-order valence-corrected chi connectivity index (χ0v) is 17.5. The zero-order chi connectivity index (χ0) is 21.5. The fourth-order valence-electron chi connectivity index (χ4n) is 4.41. The molecule has 1 aromatic heterocycles. The summed E-state index contributed by atoms with van der Waals surface area (Å²) >= 11 is 0. The molecular weight excluding hydrogens is 414 g/mol. The summed E-state index contributed by atoms with van der Waals surface area (Å²) in [6.07, 6.45) is 6.52. The minimum Gasteiger partial charge on any atom is -0.367 e. The van der Waals surface area contributed by atoms with Crippen molar-refractivity contribution in [3.8, 4) is 5.69 Å². The van der Waals surface area contributed by atoms with Gasteiger partial charge in [-0.15, -0.1) is 0 Å². The van der Waals surface area contributed by atoms with Crippen molar-refractivity contribution in [3.63, 3.8) is 0 Å². The van der Waals surface area contributed by atoms with Gasteiger partial charge >= 0.3 is 0 Å². The lowest BCUT2D eigenvalue weighted by molar-refractivity contribution is 0.387. The molecule has 7 nitrogen and oxygen atoms in total. The van der Waals surface area contributed by atoms with E-state index in [2.05, 4.69) is 5.10 Å². The number of benzene rings is 1. The van der Waals surface area contributed by atoms with E-state index in [9.17, 15) is 22.0 Å². The third kappa shape index (κ3) is 4.11. The number of hydrogen-bond donors (Lipinski definition) is 0. The molecule has 0 unspecified atom stereocenters. The van der Waals surface area contributed by atoms with Crippen molar-refractivity contribution in [1.82, 2.24) is 14.1 Å². The smallest absolute Gasteiger partial charge is 0.277 e. The van der Waals surface area contributed by atoms with Gasteiger partial charge in [0.25, 0.3) is 5.56 Å². The molecule has 1 aliphatic carbocycles. The summed E-state index contributed by atoms with van der Waals surface area (Å²) in [7, 11) is -3.26. The number of hydrogen-bond acceptors (Lipinski definition) is 5. The fourth-order valence-corrected chi connectivity index (χ4v) is 5.24. The van der Waals surface area contributed by atoms with Crippen LogP contribution in [0.3, 0.4) is 0 Å². The van der Waals surface area contributed by atoms with Gasteiger partial charge in [0.1, 0.15) is 11.6 Å². The van der Waals surface area contributed by atoms with Crippen LogP contribution in [-0.2, 0) is 10.0 Å². The van der Waals surface area contributed by atoms with E-state index in [1.165, 1.54) is 10.6 Å². The highest BCUT2D eigenvalue weighted by atomic mass is 32.2. The Hall–Kier alpha value is -2.33. The van der Waals surface area contributed by atoms with Crippen molar-refractivity contribution >= 4 is 15.7 Å². The molecule has 10 heteroatoms. The molecule has 2 fully saturated rings. The SMILES string of the molecule is CS(=O)(=O)N1CCN(c2cnn(-c3cc(F)cc(F)c3)c(=O)c2C2CCCC2)CC1. The van der Waals surface area contributed by atoms with E-state index < -0.39 is 21.7 Å². The molecule has 2 heterocycles. The maximum absolute atomic E-state index is 13.7. The first kappa shape index (κ1) is 20.9. The number of aromatic nitrogens is 2. The van der Waals surface area contributed by atoms with Crippen LogP contribution in [0.25, 0.3) is 5.69 Å². The largest absolute Gasteiger partial charge is 0.367 e. The molecule has 0 radical (unpaired) electrons. The Morgan fingerprint density at radius 1 is 1.00 bits per heavy atom. The minimum absolute atomic E-state index is 0.0465. The molecule has 162 valence electrons. The van der Waals surface area contributed by atoms with E-state index in [0.29, 0.717) is 37.4 Å². The topological polar surface area (TPSA) is 75.5 Å². The van der Waals surface area contributed by atoms with Crippen LogP contribution in [0.5, 0.6) is 0 Å². The van der Waals surface area contributed by atoms with Crippen LogP contribution < -0.4 is 10.5 Å². The molecule has 2 aromatic rings. The maximum atomic E-state index is 13.7. The van der Waals surface area contributed by atoms with E-state index in [0.717, 1.165) is 48.6 Å². The van der Waals surface area contributed by atoms with E-state index in [1.807, 2.05) is 4.90 Å². The highest BCUT2D eigenvalue weighted by Crippen LogP contribution is 2.37. The lowest BCUT2D eigenvalue weighted by atomic mass is 9.97. The molecule has 0 atom stereocenters. The van der Waals surface area contributed by atoms with Crippen LogP contribution in [-0.4, -0.2) is 54.9 Å². The highest BCUT2D eigenvalue weighted by molar-refractivity contribution is 7.88. The Labute approximate surface area is 174 Å². The van der Waals surface area contributed by atoms with Gasteiger partial charge in [0, 0.05) is 37.8 Å². The quantitative estimate of drug-likeness (QED) is 0.732. The third-order valence-corrected chi connectivity index (χ3v) is 7.20. The van der Waals surface area contributed by atoms with Gasteiger partial charge in [-0.25, -0.2) is 17.2 Å². The van der Waals surface area contributed by atoms with Crippen molar-refractivity contribution in [2.45, 2.75) is 31.6 Å². The van der Waals surface area contributed by atoms with Gasteiger partial charge in [0.2, 0.25) is 10.0 Å². The predicted octanol–water partition coefficient (Wildman–Crippen LogP) is 2.25. The second-order valence-corrected chi connectivity index (χ2v) is 9.90. The van der Waals surface area contributed by atoms with Gasteiger partial charge < -0.3 is 4.90 Å². The van der Waals surface area contributed by atoms with Crippen LogP contribution in [0.4, 0.5) is 14.5 Å². The van der Waals surface area contributed by atoms with Crippen LogP contribution >= 0.6 is 0 Å². The summed E-state index contributed by atoms with van der Waals surface area (Å²) in [4.78, 5) is 15.4. The molecule has 30 heavy (non-hydrogen) atoms. The molecular formula is C20H24F2N4O3S. The number of rotatable bonds is 4. The lowest BCUT2D eigenvalue weighted by Gasteiger charge is -2.36. The first-order valence-corrected chi connectivity index (χ1v) is 11.9. The van der Waals surface area contributed by atoms with E-state index >= 15 is 0 Å².